The van der Waals surface area contributed by atoms with Crippen molar-refractivity contribution in [2.45, 2.75) is 11.8 Å². The van der Waals surface area contributed by atoms with Crippen molar-refractivity contribution in [3.63, 3.8) is 0 Å². The van der Waals surface area contributed by atoms with E-state index in [1.807, 2.05) is 0 Å². The molecule has 0 fully saturated rings. The number of anilines is 1. The van der Waals surface area contributed by atoms with Crippen molar-refractivity contribution in [3.8, 4) is 0 Å². The number of hydrogen-bond acceptors (Lipinski definition) is 3. The van der Waals surface area contributed by atoms with Gasteiger partial charge in [-0.25, -0.2) is 9.00 Å². The average Bonchev–Trinajstić information content (AvgIpc) is 2.25. The van der Waals surface area contributed by atoms with Crippen LogP contribution in [0.25, 0.3) is 10.4 Å². The number of hydrogen-bond donors (Lipinski definition) is 1. The van der Waals surface area contributed by atoms with Gasteiger partial charge in [-0.3, -0.25) is 0 Å². The highest BCUT2D eigenvalue weighted by Gasteiger charge is 2.14. The third kappa shape index (κ3) is 2.80. The summed E-state index contributed by atoms with van der Waals surface area (Å²) in [6.45, 7) is 1.24. The number of nitrogens with zero attached hydrogens (tertiary/aromatic N) is 4. The average molecular weight is 240 g/mol. The maximum Gasteiger partial charge on any atom is 0.314 e. The van der Waals surface area contributed by atoms with Crippen molar-refractivity contribution in [2.24, 2.45) is 5.22 Å². The van der Waals surface area contributed by atoms with Crippen LogP contribution in [0.3, 0.4) is 0 Å². The molecule has 8 heteroatoms. The molecule has 0 aliphatic carbocycles. The van der Waals surface area contributed by atoms with E-state index in [2.05, 4.69) is 10.1 Å². The van der Waals surface area contributed by atoms with Gasteiger partial charge in [0.25, 0.3) is 0 Å². The number of carbonyl (C=O) groups is 1. The van der Waals surface area contributed by atoms with Crippen molar-refractivity contribution < 1.29 is 13.6 Å². The Morgan fingerprint density at radius 3 is 2.44 bits per heavy atom. The molecule has 7 nitrogen and oxygen atoms in total. The first-order valence-electron chi connectivity index (χ1n) is 4.13. The largest absolute Gasteiger partial charge is 0.314 e. The topological polar surface area (TPSA) is 106 Å². The quantitative estimate of drug-likeness (QED) is 0.286. The maximum atomic E-state index is 11.1. The zero-order chi connectivity index (χ0) is 12.1. The van der Waals surface area contributed by atoms with Crippen LogP contribution in [0.1, 0.15) is 6.92 Å². The lowest BCUT2D eigenvalue weighted by Gasteiger charge is -2.08. The molecule has 0 saturated carbocycles. The first-order chi connectivity index (χ1) is 7.56. The first-order valence-corrected chi connectivity index (χ1v) is 5.23. The highest BCUT2D eigenvalue weighted by Crippen LogP contribution is 2.17. The normalized spacial score (nSPS) is 11.4. The molecular weight excluding hydrogens is 232 g/mol. The van der Waals surface area contributed by atoms with Crippen molar-refractivity contribution in [1.82, 2.24) is 0 Å². The van der Waals surface area contributed by atoms with Crippen molar-refractivity contribution in [2.75, 3.05) is 5.01 Å². The summed E-state index contributed by atoms with van der Waals surface area (Å²) in [5, 5.41) is 4.05. The molecule has 1 aromatic carbocycles. The molecule has 1 rings (SSSR count). The van der Waals surface area contributed by atoms with Crippen LogP contribution < -0.4 is 5.01 Å². The number of carbonyl (C=O) groups excluding carboxylic acids is 1. The maximum absolute atomic E-state index is 11.1. The number of benzene rings is 1. The summed E-state index contributed by atoms with van der Waals surface area (Å²) < 4.78 is 19.5. The van der Waals surface area contributed by atoms with Crippen LogP contribution in [-0.2, 0) is 15.9 Å². The lowest BCUT2D eigenvalue weighted by molar-refractivity contribution is -0.116. The van der Waals surface area contributed by atoms with Gasteiger partial charge in [-0.1, -0.05) is 0 Å². The summed E-state index contributed by atoms with van der Waals surface area (Å²) in [4.78, 5) is 13.8. The van der Waals surface area contributed by atoms with Crippen LogP contribution >= 0.6 is 0 Å². The van der Waals surface area contributed by atoms with Crippen molar-refractivity contribution in [1.29, 1.82) is 0 Å². The highest BCUT2D eigenvalue weighted by molar-refractivity contribution is 7.79. The van der Waals surface area contributed by atoms with Gasteiger partial charge < -0.3 is 4.55 Å². The molecule has 16 heavy (non-hydrogen) atoms. The molecule has 0 radical (unpaired) electrons. The van der Waals surface area contributed by atoms with Gasteiger partial charge in [-0.15, -0.1) is 10.5 Å². The Bertz CT molecular complexity index is 465. The van der Waals surface area contributed by atoms with Gasteiger partial charge in [0.2, 0.25) is 0 Å². The molecule has 0 bridgehead atoms. The minimum atomic E-state index is -2.07. The van der Waals surface area contributed by atoms with Crippen LogP contribution in [0, 0.1) is 0 Å². The summed E-state index contributed by atoms with van der Waals surface area (Å²) in [6.07, 6.45) is 0. The Hall–Kier alpha value is -1.89. The molecular formula is C8H8N4O3S. The van der Waals surface area contributed by atoms with E-state index in [0.29, 0.717) is 5.69 Å². The third-order valence-corrected chi connectivity index (χ3v) is 2.39. The fourth-order valence-corrected chi connectivity index (χ4v) is 1.41. The second kappa shape index (κ2) is 5.26. The summed E-state index contributed by atoms with van der Waals surface area (Å²) >= 11 is -2.07. The monoisotopic (exact) mass is 240 g/mol. The summed E-state index contributed by atoms with van der Waals surface area (Å²) in [7, 11) is 0. The Labute approximate surface area is 93.6 Å². The Morgan fingerprint density at radius 2 is 2.06 bits per heavy atom. The van der Waals surface area contributed by atoms with Gasteiger partial charge in [-0.2, -0.15) is 4.91 Å². The predicted molar refractivity (Wildman–Crippen MR) is 57.8 cm³/mol. The van der Waals surface area contributed by atoms with E-state index >= 15 is 0 Å². The SMILES string of the molecule is CC(=O)N(N=[N+]=[N-])c1ccc(S(=O)O)cc1. The Balaban J connectivity index is 3.07. The van der Waals surface area contributed by atoms with E-state index in [9.17, 15) is 9.00 Å². The third-order valence-electron chi connectivity index (χ3n) is 1.71. The zero-order valence-corrected chi connectivity index (χ0v) is 9.09. The van der Waals surface area contributed by atoms with Crippen LogP contribution in [0.2, 0.25) is 0 Å². The lowest BCUT2D eigenvalue weighted by Crippen LogP contribution is -2.20. The van der Waals surface area contributed by atoms with Gasteiger partial charge in [0.15, 0.2) is 11.1 Å². The number of amides is 1. The van der Waals surface area contributed by atoms with Crippen LogP contribution in [0.4, 0.5) is 5.69 Å². The van der Waals surface area contributed by atoms with Crippen molar-refractivity contribution in [3.05, 3.63) is 34.7 Å². The standard InChI is InChI=1S/C8H8N4O3S/c1-6(13)12(11-10-9)7-2-4-8(5-3-7)16(14)15/h2-5H,1H3,(H,14,15). The molecule has 0 saturated heterocycles. The van der Waals surface area contributed by atoms with E-state index in [4.69, 9.17) is 10.1 Å². The van der Waals surface area contributed by atoms with Gasteiger partial charge in [-0.05, 0) is 29.5 Å². The minimum absolute atomic E-state index is 0.202. The minimum Gasteiger partial charge on any atom is -0.302 e. The molecule has 1 unspecified atom stereocenters. The van der Waals surface area contributed by atoms with Gasteiger partial charge in [0.1, 0.15) is 5.69 Å². The van der Waals surface area contributed by atoms with Crippen molar-refractivity contribution >= 4 is 22.7 Å². The van der Waals surface area contributed by atoms with Crippen LogP contribution in [0.5, 0.6) is 0 Å². The predicted octanol–water partition coefficient (Wildman–Crippen LogP) is 1.85. The molecule has 0 spiro atoms. The van der Waals surface area contributed by atoms with E-state index < -0.39 is 17.0 Å². The van der Waals surface area contributed by atoms with Gasteiger partial charge in [0, 0.05) is 6.92 Å². The molecule has 0 aromatic heterocycles. The Morgan fingerprint density at radius 1 is 1.50 bits per heavy atom. The molecule has 0 aliphatic heterocycles. The Kier molecular flexibility index (Phi) is 4.01. The van der Waals surface area contributed by atoms with Crippen LogP contribution in [-0.4, -0.2) is 14.7 Å². The zero-order valence-electron chi connectivity index (χ0n) is 8.27. The van der Waals surface area contributed by atoms with E-state index in [1.165, 1.54) is 31.2 Å². The smallest absolute Gasteiger partial charge is 0.302 e. The summed E-state index contributed by atoms with van der Waals surface area (Å²) in [5.41, 5.74) is 8.60. The molecule has 1 aromatic rings. The fourth-order valence-electron chi connectivity index (χ4n) is 1.04. The molecule has 0 heterocycles. The molecule has 1 N–H and O–H groups in total. The van der Waals surface area contributed by atoms with E-state index in [0.717, 1.165) is 5.01 Å². The number of azide groups is 1. The fraction of sp³-hybridized carbons (Fsp3) is 0.125. The first kappa shape index (κ1) is 12.2. The molecule has 1 atom stereocenters. The molecule has 0 aliphatic rings. The second-order valence-electron chi connectivity index (χ2n) is 2.75. The summed E-state index contributed by atoms with van der Waals surface area (Å²) in [6, 6.07) is 5.57. The van der Waals surface area contributed by atoms with Gasteiger partial charge in [0.05, 0.1) is 4.90 Å². The second-order valence-corrected chi connectivity index (χ2v) is 3.72. The van der Waals surface area contributed by atoms with E-state index in [1.54, 1.807) is 0 Å². The highest BCUT2D eigenvalue weighted by atomic mass is 32.2. The van der Waals surface area contributed by atoms with Crippen LogP contribution in [0.15, 0.2) is 34.4 Å². The molecule has 1 amide bonds. The lowest BCUT2D eigenvalue weighted by atomic mass is 10.3. The molecule has 84 valence electrons. The number of rotatable bonds is 3. The van der Waals surface area contributed by atoms with Gasteiger partial charge >= 0.3 is 5.91 Å². The van der Waals surface area contributed by atoms with E-state index in [-0.39, 0.29) is 4.90 Å². The summed E-state index contributed by atoms with van der Waals surface area (Å²) in [5.74, 6) is -0.448.